The minimum absolute atomic E-state index is 0.0582. The molecule has 14 nitrogen and oxygen atoms in total. The predicted octanol–water partition coefficient (Wildman–Crippen LogP) is 3.39. The van der Waals surface area contributed by atoms with Crippen LogP contribution in [-0.2, 0) is 39.5 Å². The van der Waals surface area contributed by atoms with Crippen molar-refractivity contribution in [3.63, 3.8) is 0 Å². The van der Waals surface area contributed by atoms with Crippen molar-refractivity contribution in [2.24, 2.45) is 0 Å². The molecule has 0 aliphatic carbocycles. The Bertz CT molecular complexity index is 2010. The summed E-state index contributed by atoms with van der Waals surface area (Å²) in [5.41, 5.74) is 1.12. The first kappa shape index (κ1) is 37.0. The standard InChI is InChI=1S/C32H34N4O10S3/c1-21(37)33-25-9-13-29(14-10-25)48(43,44)35-27-7-3-5-23(17-27)31(39)19-47(41,42)20-32(40)24-6-4-8-28(18-24)36-49(45,46)30-15-11-26(12-16-30)34-22(2)38/h3-18,31-32,35-36,39-40H,19-20H2,1-2H3,(H,33,37)(H,34,38). The number of sulfone groups is 1. The second-order valence-electron chi connectivity index (χ2n) is 11.0. The van der Waals surface area contributed by atoms with E-state index in [9.17, 15) is 45.1 Å². The maximum Gasteiger partial charge on any atom is 0.261 e. The van der Waals surface area contributed by atoms with Gasteiger partial charge in [0.1, 0.15) is 0 Å². The van der Waals surface area contributed by atoms with Crippen LogP contribution in [-0.4, -0.2) is 58.8 Å². The number of benzene rings is 4. The van der Waals surface area contributed by atoms with Crippen LogP contribution in [0.15, 0.2) is 107 Å². The molecule has 0 heterocycles. The number of hydrogen-bond acceptors (Lipinski definition) is 10. The van der Waals surface area contributed by atoms with E-state index in [0.29, 0.717) is 11.4 Å². The van der Waals surface area contributed by atoms with Gasteiger partial charge in [-0.2, -0.15) is 0 Å². The number of anilines is 4. The molecule has 2 atom stereocenters. The third kappa shape index (κ3) is 10.6. The summed E-state index contributed by atoms with van der Waals surface area (Å²) < 4.78 is 82.2. The number of aliphatic hydroxyl groups excluding tert-OH is 2. The van der Waals surface area contributed by atoms with E-state index in [1.165, 1.54) is 111 Å². The van der Waals surface area contributed by atoms with Gasteiger partial charge in [0.25, 0.3) is 20.0 Å². The molecule has 49 heavy (non-hydrogen) atoms. The number of aliphatic hydroxyl groups is 2. The minimum atomic E-state index is -4.12. The van der Waals surface area contributed by atoms with Gasteiger partial charge in [-0.1, -0.05) is 24.3 Å². The summed E-state index contributed by atoms with van der Waals surface area (Å²) in [6, 6.07) is 21.9. The van der Waals surface area contributed by atoms with E-state index in [0.717, 1.165) is 0 Å². The Balaban J connectivity index is 1.39. The van der Waals surface area contributed by atoms with Crippen molar-refractivity contribution >= 4 is 64.4 Å². The quantitative estimate of drug-likeness (QED) is 0.111. The highest BCUT2D eigenvalue weighted by Gasteiger charge is 2.25. The normalized spacial score (nSPS) is 13.1. The molecule has 0 bridgehead atoms. The predicted molar refractivity (Wildman–Crippen MR) is 185 cm³/mol. The van der Waals surface area contributed by atoms with Gasteiger partial charge in [-0.05, 0) is 83.9 Å². The number of carbonyl (C=O) groups excluding carboxylic acids is 2. The molecule has 0 fully saturated rings. The third-order valence-corrected chi connectivity index (χ3v) is 11.3. The maximum absolute atomic E-state index is 13.0. The molecule has 260 valence electrons. The van der Waals surface area contributed by atoms with Gasteiger partial charge in [-0.3, -0.25) is 19.0 Å². The Morgan fingerprint density at radius 2 is 0.898 bits per heavy atom. The van der Waals surface area contributed by atoms with E-state index in [4.69, 9.17) is 0 Å². The van der Waals surface area contributed by atoms with Crippen LogP contribution < -0.4 is 20.1 Å². The SMILES string of the molecule is CC(=O)Nc1ccc(S(=O)(=O)Nc2cccc(C(O)CS(=O)(=O)CC(O)c3cccc(NS(=O)(=O)c4ccc(NC(C)=O)cc4)c3)c2)cc1. The van der Waals surface area contributed by atoms with Gasteiger partial charge < -0.3 is 20.8 Å². The molecule has 17 heteroatoms. The van der Waals surface area contributed by atoms with Crippen LogP contribution in [0.2, 0.25) is 0 Å². The molecule has 4 aromatic carbocycles. The maximum atomic E-state index is 13.0. The summed E-state index contributed by atoms with van der Waals surface area (Å²) in [7, 11) is -12.3. The molecule has 2 amide bonds. The molecule has 4 rings (SSSR count). The lowest BCUT2D eigenvalue weighted by molar-refractivity contribution is -0.115. The summed E-state index contributed by atoms with van der Waals surface area (Å²) in [6.45, 7) is 2.63. The lowest BCUT2D eigenvalue weighted by Crippen LogP contribution is -2.22. The Hall–Kier alpha value is -4.81. The molecule has 0 saturated carbocycles. The summed E-state index contributed by atoms with van der Waals surface area (Å²) in [5.74, 6) is -2.24. The van der Waals surface area contributed by atoms with Crippen LogP contribution in [0, 0.1) is 0 Å². The van der Waals surface area contributed by atoms with Crippen molar-refractivity contribution in [3.05, 3.63) is 108 Å². The number of hydrogen-bond donors (Lipinski definition) is 6. The monoisotopic (exact) mass is 730 g/mol. The Morgan fingerprint density at radius 3 is 1.22 bits per heavy atom. The first-order valence-corrected chi connectivity index (χ1v) is 19.3. The number of nitrogens with one attached hydrogen (secondary N) is 4. The lowest BCUT2D eigenvalue weighted by Gasteiger charge is -2.17. The van der Waals surface area contributed by atoms with Gasteiger partial charge in [-0.25, -0.2) is 25.3 Å². The zero-order valence-corrected chi connectivity index (χ0v) is 28.6. The zero-order valence-electron chi connectivity index (χ0n) is 26.2. The number of sulfonamides is 2. The number of rotatable bonds is 14. The fourth-order valence-corrected chi connectivity index (χ4v) is 8.21. The molecule has 0 radical (unpaired) electrons. The topological polar surface area (TPSA) is 225 Å². The van der Waals surface area contributed by atoms with Crippen molar-refractivity contribution in [3.8, 4) is 0 Å². The molecule has 2 unspecified atom stereocenters. The highest BCUT2D eigenvalue weighted by molar-refractivity contribution is 7.93. The molecular weight excluding hydrogens is 697 g/mol. The van der Waals surface area contributed by atoms with Crippen LogP contribution >= 0.6 is 0 Å². The van der Waals surface area contributed by atoms with Crippen molar-refractivity contribution < 1.29 is 45.1 Å². The van der Waals surface area contributed by atoms with Crippen LogP contribution in [0.25, 0.3) is 0 Å². The summed E-state index contributed by atoms with van der Waals surface area (Å²) >= 11 is 0. The molecule has 6 N–H and O–H groups in total. The van der Waals surface area contributed by atoms with E-state index in [-0.39, 0.29) is 44.1 Å². The molecular formula is C32H34N4O10S3. The first-order valence-electron chi connectivity index (χ1n) is 14.5. The van der Waals surface area contributed by atoms with Crippen molar-refractivity contribution in [1.29, 1.82) is 0 Å². The average Bonchev–Trinajstić information content (AvgIpc) is 3.00. The van der Waals surface area contributed by atoms with E-state index in [1.54, 1.807) is 0 Å². The largest absolute Gasteiger partial charge is 0.387 e. The van der Waals surface area contributed by atoms with Crippen molar-refractivity contribution in [2.75, 3.05) is 31.6 Å². The van der Waals surface area contributed by atoms with Crippen molar-refractivity contribution in [2.45, 2.75) is 35.8 Å². The molecule has 0 aliphatic heterocycles. The smallest absolute Gasteiger partial charge is 0.261 e. The van der Waals surface area contributed by atoms with Crippen LogP contribution in [0.1, 0.15) is 37.2 Å². The van der Waals surface area contributed by atoms with Gasteiger partial charge >= 0.3 is 0 Å². The fraction of sp³-hybridized carbons (Fsp3) is 0.188. The summed E-state index contributed by atoms with van der Waals surface area (Å²) in [4.78, 5) is 22.2. The molecule has 4 aromatic rings. The van der Waals surface area contributed by atoms with Crippen LogP contribution in [0.4, 0.5) is 22.7 Å². The van der Waals surface area contributed by atoms with E-state index in [2.05, 4.69) is 20.1 Å². The number of carbonyl (C=O) groups is 2. The Kier molecular flexibility index (Phi) is 11.5. The minimum Gasteiger partial charge on any atom is -0.387 e. The van der Waals surface area contributed by atoms with Gasteiger partial charge in [0.15, 0.2) is 9.84 Å². The van der Waals surface area contributed by atoms with E-state index >= 15 is 0 Å². The van der Waals surface area contributed by atoms with Crippen LogP contribution in [0.5, 0.6) is 0 Å². The molecule has 0 saturated heterocycles. The summed E-state index contributed by atoms with van der Waals surface area (Å²) in [6.07, 6.45) is -3.15. The van der Waals surface area contributed by atoms with Crippen LogP contribution in [0.3, 0.4) is 0 Å². The second-order valence-corrected chi connectivity index (χ2v) is 16.5. The zero-order chi connectivity index (χ0) is 36.0. The summed E-state index contributed by atoms with van der Waals surface area (Å²) in [5, 5.41) is 26.6. The third-order valence-electron chi connectivity index (χ3n) is 6.84. The second kappa shape index (κ2) is 15.2. The van der Waals surface area contributed by atoms with Gasteiger partial charge in [0.05, 0.1) is 33.5 Å². The lowest BCUT2D eigenvalue weighted by atomic mass is 10.1. The Morgan fingerprint density at radius 1 is 0.551 bits per heavy atom. The first-order chi connectivity index (χ1) is 22.9. The van der Waals surface area contributed by atoms with Crippen molar-refractivity contribution in [1.82, 2.24) is 0 Å². The average molecular weight is 731 g/mol. The fourth-order valence-electron chi connectivity index (χ4n) is 4.63. The Labute approximate surface area is 284 Å². The van der Waals surface area contributed by atoms with E-state index < -0.39 is 53.6 Å². The molecule has 0 aliphatic rings. The number of amides is 2. The highest BCUT2D eigenvalue weighted by atomic mass is 32.2. The van der Waals surface area contributed by atoms with Gasteiger partial charge in [-0.15, -0.1) is 0 Å². The molecule has 0 spiro atoms. The molecule has 0 aromatic heterocycles. The van der Waals surface area contributed by atoms with Gasteiger partial charge in [0, 0.05) is 36.6 Å². The van der Waals surface area contributed by atoms with E-state index in [1.807, 2.05) is 0 Å². The highest BCUT2D eigenvalue weighted by Crippen LogP contribution is 2.26. The van der Waals surface area contributed by atoms with Gasteiger partial charge in [0.2, 0.25) is 11.8 Å².